The minimum atomic E-state index is 0.120. The number of hydrogen-bond acceptors (Lipinski definition) is 3. The Balaban J connectivity index is 1.73. The van der Waals surface area contributed by atoms with Crippen molar-refractivity contribution in [2.24, 2.45) is 5.92 Å². The molecule has 0 bridgehead atoms. The number of aromatic nitrogens is 2. The van der Waals surface area contributed by atoms with E-state index < -0.39 is 0 Å². The number of halogens is 2. The zero-order valence-corrected chi connectivity index (χ0v) is 17.9. The monoisotopic (exact) mass is 423 g/mol. The Bertz CT molecular complexity index is 801. The average Bonchev–Trinajstić information content (AvgIpc) is 3.29. The Hall–Kier alpha value is -1.56. The topological polar surface area (TPSA) is 47.4 Å². The number of ether oxygens (including phenoxy) is 1. The Morgan fingerprint density at radius 3 is 2.86 bits per heavy atom. The van der Waals surface area contributed by atoms with Crippen LogP contribution in [0.5, 0.6) is 0 Å². The molecule has 0 saturated carbocycles. The molecule has 2 aromatic rings. The number of carbonyl (C=O) groups excluding carboxylic acids is 1. The number of rotatable bonds is 8. The van der Waals surface area contributed by atoms with Gasteiger partial charge in [-0.05, 0) is 36.5 Å². The third kappa shape index (κ3) is 5.72. The van der Waals surface area contributed by atoms with Gasteiger partial charge in [-0.3, -0.25) is 4.79 Å². The predicted molar refractivity (Wildman–Crippen MR) is 112 cm³/mol. The van der Waals surface area contributed by atoms with Gasteiger partial charge in [0.1, 0.15) is 5.82 Å². The summed E-state index contributed by atoms with van der Waals surface area (Å²) < 4.78 is 7.81. The van der Waals surface area contributed by atoms with E-state index in [-0.39, 0.29) is 12.0 Å². The molecule has 1 aromatic carbocycles. The maximum absolute atomic E-state index is 12.8. The molecule has 2 heterocycles. The molecule has 1 atom stereocenters. The Morgan fingerprint density at radius 2 is 2.18 bits per heavy atom. The van der Waals surface area contributed by atoms with Gasteiger partial charge in [0.05, 0.1) is 22.7 Å². The number of nitrogens with zero attached hydrogens (tertiary/aromatic N) is 3. The van der Waals surface area contributed by atoms with Gasteiger partial charge in [-0.25, -0.2) is 4.98 Å². The third-order valence-electron chi connectivity index (χ3n) is 4.85. The minimum Gasteiger partial charge on any atom is -0.376 e. The summed E-state index contributed by atoms with van der Waals surface area (Å²) >= 11 is 12.2. The van der Waals surface area contributed by atoms with Crippen LogP contribution in [0.1, 0.15) is 44.5 Å². The van der Waals surface area contributed by atoms with Crippen molar-refractivity contribution >= 4 is 29.1 Å². The average molecular weight is 424 g/mol. The summed E-state index contributed by atoms with van der Waals surface area (Å²) in [7, 11) is 0. The highest BCUT2D eigenvalue weighted by molar-refractivity contribution is 6.42. The maximum Gasteiger partial charge on any atom is 0.223 e. The second-order valence-electron chi connectivity index (χ2n) is 7.73. The van der Waals surface area contributed by atoms with E-state index in [1.807, 2.05) is 27.8 Å². The SMILES string of the molecule is CC(C)CC(=O)N(Cc1nccn1Cc1ccc(Cl)c(Cl)c1)C[C@@H]1CCCO1. The van der Waals surface area contributed by atoms with Gasteiger partial charge in [0, 0.05) is 38.5 Å². The van der Waals surface area contributed by atoms with Crippen molar-refractivity contribution < 1.29 is 9.53 Å². The summed E-state index contributed by atoms with van der Waals surface area (Å²) in [5.41, 5.74) is 1.04. The third-order valence-corrected chi connectivity index (χ3v) is 5.59. The molecule has 5 nitrogen and oxygen atoms in total. The summed E-state index contributed by atoms with van der Waals surface area (Å²) in [5, 5.41) is 1.08. The summed E-state index contributed by atoms with van der Waals surface area (Å²) in [6, 6.07) is 5.61. The van der Waals surface area contributed by atoms with E-state index in [9.17, 15) is 4.79 Å². The van der Waals surface area contributed by atoms with Gasteiger partial charge >= 0.3 is 0 Å². The van der Waals surface area contributed by atoms with Crippen molar-refractivity contribution in [2.75, 3.05) is 13.2 Å². The van der Waals surface area contributed by atoms with Crippen LogP contribution in [-0.4, -0.2) is 39.6 Å². The molecule has 7 heteroatoms. The highest BCUT2D eigenvalue weighted by atomic mass is 35.5. The molecule has 3 rings (SSSR count). The Labute approximate surface area is 176 Å². The predicted octanol–water partition coefficient (Wildman–Crippen LogP) is 4.79. The van der Waals surface area contributed by atoms with E-state index in [2.05, 4.69) is 18.8 Å². The van der Waals surface area contributed by atoms with Gasteiger partial charge in [-0.15, -0.1) is 0 Å². The van der Waals surface area contributed by atoms with Crippen molar-refractivity contribution in [3.63, 3.8) is 0 Å². The molecule has 1 aliphatic heterocycles. The molecule has 0 aliphatic carbocycles. The molecule has 0 unspecified atom stereocenters. The van der Waals surface area contributed by atoms with Crippen LogP contribution in [0.25, 0.3) is 0 Å². The minimum absolute atomic E-state index is 0.120. The fraction of sp³-hybridized carbons (Fsp3) is 0.524. The van der Waals surface area contributed by atoms with Crippen LogP contribution in [0.2, 0.25) is 10.0 Å². The van der Waals surface area contributed by atoms with Crippen molar-refractivity contribution in [3.05, 3.63) is 52.0 Å². The van der Waals surface area contributed by atoms with Crippen molar-refractivity contribution in [1.29, 1.82) is 0 Å². The van der Waals surface area contributed by atoms with Crippen molar-refractivity contribution in [1.82, 2.24) is 14.5 Å². The van der Waals surface area contributed by atoms with E-state index in [4.69, 9.17) is 27.9 Å². The van der Waals surface area contributed by atoms with E-state index in [0.29, 0.717) is 42.0 Å². The van der Waals surface area contributed by atoms with E-state index in [1.54, 1.807) is 12.3 Å². The van der Waals surface area contributed by atoms with Gasteiger partial charge in [0.15, 0.2) is 0 Å². The molecule has 28 heavy (non-hydrogen) atoms. The fourth-order valence-corrected chi connectivity index (χ4v) is 3.73. The van der Waals surface area contributed by atoms with Crippen LogP contribution in [0.3, 0.4) is 0 Å². The second kappa shape index (κ2) is 9.77. The first-order valence-electron chi connectivity index (χ1n) is 9.75. The fourth-order valence-electron chi connectivity index (χ4n) is 3.41. The largest absolute Gasteiger partial charge is 0.376 e. The van der Waals surface area contributed by atoms with E-state index in [1.165, 1.54) is 0 Å². The van der Waals surface area contributed by atoms with Crippen LogP contribution in [0, 0.1) is 5.92 Å². The Kier molecular flexibility index (Phi) is 7.38. The van der Waals surface area contributed by atoms with Gasteiger partial charge in [0.25, 0.3) is 0 Å². The molecule has 0 radical (unpaired) electrons. The second-order valence-corrected chi connectivity index (χ2v) is 8.54. The van der Waals surface area contributed by atoms with Crippen molar-refractivity contribution in [3.8, 4) is 0 Å². The number of amides is 1. The number of benzene rings is 1. The molecule has 1 amide bonds. The first-order chi connectivity index (χ1) is 13.4. The quantitative estimate of drug-likeness (QED) is 0.612. The van der Waals surface area contributed by atoms with Gasteiger partial charge < -0.3 is 14.2 Å². The highest BCUT2D eigenvalue weighted by Crippen LogP contribution is 2.23. The molecule has 152 valence electrons. The molecule has 1 aromatic heterocycles. The first kappa shape index (κ1) is 21.2. The lowest BCUT2D eigenvalue weighted by Crippen LogP contribution is -2.38. The lowest BCUT2D eigenvalue weighted by atomic mass is 10.1. The standard InChI is InChI=1S/C21H27Cl2N3O2/c1-15(2)10-21(27)26(13-17-4-3-9-28-17)14-20-24-7-8-25(20)12-16-5-6-18(22)19(23)11-16/h5-8,11,15,17H,3-4,9-10,12-14H2,1-2H3/t17-/m0/s1. The van der Waals surface area contributed by atoms with E-state index >= 15 is 0 Å². The molecule has 0 spiro atoms. The smallest absolute Gasteiger partial charge is 0.223 e. The molecule has 0 N–H and O–H groups in total. The van der Waals surface area contributed by atoms with Gasteiger partial charge in [-0.1, -0.05) is 43.1 Å². The lowest BCUT2D eigenvalue weighted by Gasteiger charge is -2.26. The lowest BCUT2D eigenvalue weighted by molar-refractivity contribution is -0.134. The summed E-state index contributed by atoms with van der Waals surface area (Å²) in [6.07, 6.45) is 6.40. The van der Waals surface area contributed by atoms with Crippen LogP contribution in [-0.2, 0) is 22.6 Å². The van der Waals surface area contributed by atoms with Gasteiger partial charge in [0.2, 0.25) is 5.91 Å². The van der Waals surface area contributed by atoms with Crippen LogP contribution < -0.4 is 0 Å². The molecular formula is C21H27Cl2N3O2. The van der Waals surface area contributed by atoms with Crippen LogP contribution in [0.4, 0.5) is 0 Å². The molecule has 1 saturated heterocycles. The maximum atomic E-state index is 12.8. The van der Waals surface area contributed by atoms with Crippen LogP contribution in [0.15, 0.2) is 30.6 Å². The Morgan fingerprint density at radius 1 is 1.36 bits per heavy atom. The molecule has 1 aliphatic rings. The van der Waals surface area contributed by atoms with Crippen LogP contribution >= 0.6 is 23.2 Å². The van der Waals surface area contributed by atoms with Crippen molar-refractivity contribution in [2.45, 2.75) is 52.3 Å². The normalized spacial score (nSPS) is 16.7. The van der Waals surface area contributed by atoms with Gasteiger partial charge in [-0.2, -0.15) is 0 Å². The number of imidazole rings is 1. The summed E-state index contributed by atoms with van der Waals surface area (Å²) in [5.74, 6) is 1.31. The zero-order valence-electron chi connectivity index (χ0n) is 16.4. The highest BCUT2D eigenvalue weighted by Gasteiger charge is 2.24. The number of carbonyl (C=O) groups is 1. The molecule has 1 fully saturated rings. The summed E-state index contributed by atoms with van der Waals surface area (Å²) in [4.78, 5) is 19.2. The number of hydrogen-bond donors (Lipinski definition) is 0. The summed E-state index contributed by atoms with van der Waals surface area (Å²) in [6.45, 7) is 6.62. The molecular weight excluding hydrogens is 397 g/mol. The zero-order chi connectivity index (χ0) is 20.1. The van der Waals surface area contributed by atoms with E-state index in [0.717, 1.165) is 30.8 Å². The first-order valence-corrected chi connectivity index (χ1v) is 10.5.